The van der Waals surface area contributed by atoms with E-state index in [0.29, 0.717) is 38.5 Å². The molecule has 2 aromatic heterocycles. The third kappa shape index (κ3) is 10.4. The third-order valence-corrected chi connectivity index (χ3v) is 8.92. The lowest BCUT2D eigenvalue weighted by molar-refractivity contribution is -0.738. The number of halogens is 6. The summed E-state index contributed by atoms with van der Waals surface area (Å²) in [6.07, 6.45) is -0.805. The van der Waals surface area contributed by atoms with E-state index < -0.39 is 27.8 Å². The first kappa shape index (κ1) is 39.0. The Morgan fingerprint density at radius 1 is 1.10 bits per heavy atom. The summed E-state index contributed by atoms with van der Waals surface area (Å²) >= 11 is 1.59. The molecule has 21 heteroatoms. The maximum absolute atomic E-state index is 11.9. The zero-order valence-corrected chi connectivity index (χ0v) is 28.4. The molecule has 1 fully saturated rings. The molecule has 0 spiro atoms. The van der Waals surface area contributed by atoms with Crippen LogP contribution in [0.2, 0.25) is 0 Å². The molecule has 0 saturated carbocycles. The summed E-state index contributed by atoms with van der Waals surface area (Å²) in [6, 6.07) is 16.2. The molecule has 2 amide bonds. The van der Waals surface area contributed by atoms with E-state index in [2.05, 4.69) is 38.4 Å². The van der Waals surface area contributed by atoms with Crippen molar-refractivity contribution in [2.75, 3.05) is 32.8 Å². The van der Waals surface area contributed by atoms with E-state index in [0.717, 1.165) is 52.5 Å². The number of carbonyl (C=O) groups excluding carboxylic acids is 2. The monoisotopic (exact) mass is 764 g/mol. The predicted octanol–water partition coefficient (Wildman–Crippen LogP) is 4.11. The number of thiazole rings is 1. The van der Waals surface area contributed by atoms with Gasteiger partial charge in [0.05, 0.1) is 23.0 Å². The van der Waals surface area contributed by atoms with E-state index in [1.54, 1.807) is 16.2 Å². The normalized spacial score (nSPS) is 13.4. The Kier molecular flexibility index (Phi) is 12.6. The lowest BCUT2D eigenvalue weighted by Gasteiger charge is -2.16. The Morgan fingerprint density at radius 3 is 2.45 bits per heavy atom. The molecular formula is C30H32F6N7O6S2+. The molecule has 13 nitrogen and oxygen atoms in total. The average molecular weight is 765 g/mol. The Hall–Kier alpha value is -4.76. The van der Waals surface area contributed by atoms with E-state index in [-0.39, 0.29) is 6.03 Å². The van der Waals surface area contributed by atoms with Crippen LogP contribution in [0.4, 0.5) is 31.1 Å². The van der Waals surface area contributed by atoms with Crippen LogP contribution in [0.15, 0.2) is 60.1 Å². The van der Waals surface area contributed by atoms with E-state index >= 15 is 0 Å². The number of ether oxygens (including phenoxy) is 1. The van der Waals surface area contributed by atoms with Gasteiger partial charge in [-0.1, -0.05) is 30.3 Å². The topological polar surface area (TPSA) is 163 Å². The Labute approximate surface area is 291 Å². The number of hydrogen-bond donors (Lipinski definition) is 2. The molecule has 0 bridgehead atoms. The van der Waals surface area contributed by atoms with E-state index in [4.69, 9.17) is 15.5 Å². The third-order valence-electron chi connectivity index (χ3n) is 7.10. The van der Waals surface area contributed by atoms with Crippen molar-refractivity contribution in [3.63, 3.8) is 0 Å². The second-order valence-electron chi connectivity index (χ2n) is 10.7. The van der Waals surface area contributed by atoms with Crippen molar-refractivity contribution >= 4 is 33.5 Å². The van der Waals surface area contributed by atoms with Crippen LogP contribution in [-0.4, -0.2) is 84.7 Å². The van der Waals surface area contributed by atoms with Gasteiger partial charge in [0.2, 0.25) is 0 Å². The van der Waals surface area contributed by atoms with Crippen LogP contribution in [-0.2, 0) is 32.6 Å². The molecule has 0 aliphatic carbocycles. The molecule has 1 saturated heterocycles. The Bertz CT molecular complexity index is 1920. The molecule has 5 rings (SSSR count). The van der Waals surface area contributed by atoms with Gasteiger partial charge in [-0.15, -0.1) is 20.7 Å². The first-order chi connectivity index (χ1) is 24.0. The molecule has 4 aromatic rings. The first-order valence-electron chi connectivity index (χ1n) is 15.1. The fourth-order valence-electron chi connectivity index (χ4n) is 4.53. The van der Waals surface area contributed by atoms with Crippen LogP contribution in [0.5, 0.6) is 5.75 Å². The summed E-state index contributed by atoms with van der Waals surface area (Å²) in [5, 5.41) is 10.5. The number of nitrogens with two attached hydrogens (primary N) is 1. The SMILES string of the molecule is C[n+]1nn(-c2ccc(-c3nc(-c4ccccc4)cs3)c(OCCN3CCNC3=O)c2)cc1CCCCN.O=C(OS(=O)(=O)C(F)(F)F)C(F)(F)F. The highest BCUT2D eigenvalue weighted by molar-refractivity contribution is 7.88. The number of nitrogens with one attached hydrogen (secondary N) is 1. The van der Waals surface area contributed by atoms with Crippen molar-refractivity contribution in [1.82, 2.24) is 25.1 Å². The zero-order chi connectivity index (χ0) is 37.4. The molecule has 0 radical (unpaired) electrons. The van der Waals surface area contributed by atoms with Gasteiger partial charge in [0.1, 0.15) is 24.4 Å². The number of alkyl halides is 6. The van der Waals surface area contributed by atoms with Gasteiger partial charge in [0, 0.05) is 36.5 Å². The quantitative estimate of drug-likeness (QED) is 0.0711. The molecule has 2 aromatic carbocycles. The van der Waals surface area contributed by atoms with Gasteiger partial charge in [-0.3, -0.25) is 0 Å². The second kappa shape index (κ2) is 16.5. The maximum Gasteiger partial charge on any atom is 0.534 e. The predicted molar refractivity (Wildman–Crippen MR) is 171 cm³/mol. The first-order valence-corrected chi connectivity index (χ1v) is 17.4. The smallest absolute Gasteiger partial charge is 0.491 e. The fraction of sp³-hybridized carbons (Fsp3) is 0.367. The summed E-state index contributed by atoms with van der Waals surface area (Å²) in [7, 11) is -4.59. The maximum atomic E-state index is 11.9. The molecule has 0 atom stereocenters. The van der Waals surface area contributed by atoms with Crippen molar-refractivity contribution < 1.29 is 58.0 Å². The van der Waals surface area contributed by atoms with Gasteiger partial charge in [0.15, 0.2) is 17.6 Å². The lowest BCUT2D eigenvalue weighted by atomic mass is 10.1. The number of amides is 2. The van der Waals surface area contributed by atoms with Crippen LogP contribution in [0.3, 0.4) is 0 Å². The molecule has 1 aliphatic rings. The number of unbranched alkanes of at least 4 members (excludes halogenated alkanes) is 1. The molecule has 276 valence electrons. The largest absolute Gasteiger partial charge is 0.534 e. The van der Waals surface area contributed by atoms with Gasteiger partial charge in [0.25, 0.3) is 0 Å². The summed E-state index contributed by atoms with van der Waals surface area (Å²) in [4.78, 5) is 28.3. The minimum absolute atomic E-state index is 0.0452. The summed E-state index contributed by atoms with van der Waals surface area (Å²) in [6.45, 7) is 2.97. The fourth-order valence-corrected chi connectivity index (χ4v) is 5.78. The minimum atomic E-state index is -6.55. The number of benzene rings is 2. The standard InChI is InChI=1S/C27H31N7O2S.C3F6O4S/c1-32-22(9-5-6-12-28)18-34(31-32)21-10-11-23(25(17-21)36-16-15-33-14-13-29-27(33)35)26-30-24(19-37-26)20-7-3-2-4-8-20;4-2(5,6)1(10)13-14(11,12)3(7,8)9/h2-4,7-8,10-11,17-19H,5-6,9,12-16,28H2,1H3;/p+1. The van der Waals surface area contributed by atoms with Crippen molar-refractivity contribution in [2.24, 2.45) is 12.8 Å². The summed E-state index contributed by atoms with van der Waals surface area (Å²) in [5.74, 6) is -2.73. The average Bonchev–Trinajstić information content (AvgIpc) is 3.81. The molecule has 0 unspecified atom stereocenters. The lowest BCUT2D eigenvalue weighted by Crippen LogP contribution is -2.35. The number of rotatable bonds is 12. The molecule has 51 heavy (non-hydrogen) atoms. The van der Waals surface area contributed by atoms with Crippen molar-refractivity contribution in [3.8, 4) is 33.3 Å². The van der Waals surface area contributed by atoms with Gasteiger partial charge >= 0.3 is 33.8 Å². The number of aromatic nitrogens is 4. The van der Waals surface area contributed by atoms with Gasteiger partial charge < -0.3 is 24.9 Å². The summed E-state index contributed by atoms with van der Waals surface area (Å²) < 4.78 is 99.8. The van der Waals surface area contributed by atoms with E-state index in [9.17, 15) is 44.3 Å². The van der Waals surface area contributed by atoms with Crippen LogP contribution in [0.1, 0.15) is 18.5 Å². The molecule has 1 aliphatic heterocycles. The molecular weight excluding hydrogens is 732 g/mol. The highest BCUT2D eigenvalue weighted by atomic mass is 32.2. The van der Waals surface area contributed by atoms with Gasteiger partial charge in [-0.2, -0.15) is 34.8 Å². The second-order valence-corrected chi connectivity index (χ2v) is 13.1. The van der Waals surface area contributed by atoms with Gasteiger partial charge in [-0.05, 0) is 31.5 Å². The molecule has 3 N–H and O–H groups in total. The highest BCUT2D eigenvalue weighted by Crippen LogP contribution is 2.36. The van der Waals surface area contributed by atoms with Crippen molar-refractivity contribution in [1.29, 1.82) is 0 Å². The van der Waals surface area contributed by atoms with Crippen LogP contribution in [0, 0.1) is 0 Å². The summed E-state index contributed by atoms with van der Waals surface area (Å²) in [5.41, 5.74) is 4.56. The highest BCUT2D eigenvalue weighted by Gasteiger charge is 2.54. The van der Waals surface area contributed by atoms with Crippen LogP contribution >= 0.6 is 11.3 Å². The van der Waals surface area contributed by atoms with Gasteiger partial charge in [-0.25, -0.2) is 14.6 Å². The number of hydrogen-bond acceptors (Lipinski definition) is 10. The van der Waals surface area contributed by atoms with E-state index in [1.807, 2.05) is 52.8 Å². The number of aryl methyl sites for hydroxylation is 2. The van der Waals surface area contributed by atoms with Crippen LogP contribution in [0.25, 0.3) is 27.5 Å². The Balaban J connectivity index is 0.000000354. The van der Waals surface area contributed by atoms with E-state index in [1.165, 1.54) is 0 Å². The van der Waals surface area contributed by atoms with Crippen molar-refractivity contribution in [2.45, 2.75) is 30.9 Å². The number of carbonyl (C=O) groups is 2. The number of urea groups is 1. The zero-order valence-electron chi connectivity index (χ0n) is 26.8. The Morgan fingerprint density at radius 2 is 1.82 bits per heavy atom. The van der Waals surface area contributed by atoms with Crippen molar-refractivity contribution in [3.05, 3.63) is 65.8 Å². The minimum Gasteiger partial charge on any atom is -0.491 e. The number of nitrogens with zero attached hydrogens (tertiary/aromatic N) is 5. The molecule has 3 heterocycles. The van der Waals surface area contributed by atoms with Crippen LogP contribution < -0.4 is 20.5 Å².